The standard InChI is InChI=1S/C21H23FN6O2S/c1-13(2)28-12-23-26-20(28)17-5-4-6-19(24-17)25-21(29)15-10-18-14(9-16(15)22)11-27(31-18)7-8-30-3/h4-6,9-10,12-13H,7-8,11H2,1-3H3,(H,24,25,29). The first-order valence-electron chi connectivity index (χ1n) is 9.89. The maximum absolute atomic E-state index is 14.7. The van der Waals surface area contributed by atoms with Crippen LogP contribution in [0, 0.1) is 5.82 Å². The lowest BCUT2D eigenvalue weighted by molar-refractivity contribution is 0.102. The molecular formula is C21H23FN6O2S. The molecule has 0 spiro atoms. The Kier molecular flexibility index (Phi) is 6.30. The van der Waals surface area contributed by atoms with Crippen LogP contribution in [0.3, 0.4) is 0 Å². The SMILES string of the molecule is COCCN1Cc2cc(F)c(C(=O)Nc3cccc(-c4nncn4C(C)C)n3)cc2S1. The molecule has 0 fully saturated rings. The first-order valence-corrected chi connectivity index (χ1v) is 10.7. The summed E-state index contributed by atoms with van der Waals surface area (Å²) < 4.78 is 23.7. The Hall–Kier alpha value is -2.82. The van der Waals surface area contributed by atoms with E-state index in [1.54, 1.807) is 37.7 Å². The lowest BCUT2D eigenvalue weighted by Gasteiger charge is -2.11. The lowest BCUT2D eigenvalue weighted by Crippen LogP contribution is -2.16. The Morgan fingerprint density at radius 3 is 2.97 bits per heavy atom. The topological polar surface area (TPSA) is 85.2 Å². The fourth-order valence-corrected chi connectivity index (χ4v) is 4.33. The second-order valence-electron chi connectivity index (χ2n) is 7.41. The van der Waals surface area contributed by atoms with Gasteiger partial charge in [-0.2, -0.15) is 0 Å². The van der Waals surface area contributed by atoms with Crippen molar-refractivity contribution in [2.75, 3.05) is 25.6 Å². The van der Waals surface area contributed by atoms with E-state index in [-0.39, 0.29) is 11.6 Å². The van der Waals surface area contributed by atoms with E-state index in [4.69, 9.17) is 4.74 Å². The predicted molar refractivity (Wildman–Crippen MR) is 116 cm³/mol. The van der Waals surface area contributed by atoms with Crippen LogP contribution in [0.2, 0.25) is 0 Å². The zero-order valence-corrected chi connectivity index (χ0v) is 18.3. The lowest BCUT2D eigenvalue weighted by atomic mass is 10.1. The maximum Gasteiger partial charge on any atom is 0.259 e. The third kappa shape index (κ3) is 4.60. The van der Waals surface area contributed by atoms with E-state index in [2.05, 4.69) is 24.8 Å². The third-order valence-electron chi connectivity index (χ3n) is 4.86. The second-order valence-corrected chi connectivity index (χ2v) is 8.54. The van der Waals surface area contributed by atoms with E-state index < -0.39 is 11.7 Å². The number of halogens is 1. The van der Waals surface area contributed by atoms with Gasteiger partial charge in [0.05, 0.1) is 12.2 Å². The van der Waals surface area contributed by atoms with Crippen LogP contribution in [-0.4, -0.2) is 50.2 Å². The van der Waals surface area contributed by atoms with E-state index in [1.807, 2.05) is 18.4 Å². The number of nitrogens with zero attached hydrogens (tertiary/aromatic N) is 5. The number of hydrogen-bond donors (Lipinski definition) is 1. The van der Waals surface area contributed by atoms with Crippen molar-refractivity contribution >= 4 is 23.7 Å². The molecule has 0 unspecified atom stereocenters. The quantitative estimate of drug-likeness (QED) is 0.557. The highest BCUT2D eigenvalue weighted by atomic mass is 32.2. The van der Waals surface area contributed by atoms with Gasteiger partial charge in [-0.05, 0) is 55.6 Å². The van der Waals surface area contributed by atoms with Crippen molar-refractivity contribution in [3.63, 3.8) is 0 Å². The monoisotopic (exact) mass is 442 g/mol. The van der Waals surface area contributed by atoms with Crippen LogP contribution in [0.25, 0.3) is 11.5 Å². The molecule has 4 rings (SSSR count). The number of ether oxygens (including phenoxy) is 1. The molecule has 162 valence electrons. The molecule has 1 aliphatic rings. The zero-order valence-electron chi connectivity index (χ0n) is 17.5. The highest BCUT2D eigenvalue weighted by Gasteiger charge is 2.24. The summed E-state index contributed by atoms with van der Waals surface area (Å²) in [5.74, 6) is -0.190. The molecule has 1 aliphatic heterocycles. The molecule has 0 aliphatic carbocycles. The average molecular weight is 443 g/mol. The molecule has 1 aromatic carbocycles. The van der Waals surface area contributed by atoms with Crippen molar-refractivity contribution in [3.05, 3.63) is 53.6 Å². The van der Waals surface area contributed by atoms with Crippen LogP contribution >= 0.6 is 11.9 Å². The third-order valence-corrected chi connectivity index (χ3v) is 6.01. The number of carbonyl (C=O) groups excluding carboxylic acids is 1. The highest BCUT2D eigenvalue weighted by molar-refractivity contribution is 7.97. The van der Waals surface area contributed by atoms with Gasteiger partial charge >= 0.3 is 0 Å². The van der Waals surface area contributed by atoms with Gasteiger partial charge in [-0.15, -0.1) is 10.2 Å². The van der Waals surface area contributed by atoms with Gasteiger partial charge in [0.2, 0.25) is 0 Å². The van der Waals surface area contributed by atoms with Gasteiger partial charge in [-0.25, -0.2) is 13.7 Å². The molecule has 0 saturated heterocycles. The fraction of sp³-hybridized carbons (Fsp3) is 0.333. The Morgan fingerprint density at radius 1 is 1.35 bits per heavy atom. The molecule has 0 bridgehead atoms. The largest absolute Gasteiger partial charge is 0.383 e. The molecule has 3 heterocycles. The van der Waals surface area contributed by atoms with Crippen LogP contribution in [0.15, 0.2) is 41.6 Å². The summed E-state index contributed by atoms with van der Waals surface area (Å²) in [4.78, 5) is 18.1. The number of nitrogens with one attached hydrogen (secondary N) is 1. The summed E-state index contributed by atoms with van der Waals surface area (Å²) in [7, 11) is 1.64. The van der Waals surface area contributed by atoms with Gasteiger partial charge in [-0.1, -0.05) is 6.07 Å². The van der Waals surface area contributed by atoms with Gasteiger partial charge in [0.15, 0.2) is 5.82 Å². The van der Waals surface area contributed by atoms with Crippen LogP contribution in [0.5, 0.6) is 0 Å². The minimum Gasteiger partial charge on any atom is -0.383 e. The van der Waals surface area contributed by atoms with Crippen LogP contribution in [0.4, 0.5) is 10.2 Å². The Balaban J connectivity index is 1.53. The Labute approximate surface area is 184 Å². The van der Waals surface area contributed by atoms with Gasteiger partial charge in [0, 0.05) is 31.1 Å². The summed E-state index contributed by atoms with van der Waals surface area (Å²) >= 11 is 1.50. The van der Waals surface area contributed by atoms with Crippen molar-refractivity contribution in [2.24, 2.45) is 0 Å². The van der Waals surface area contributed by atoms with Crippen LogP contribution < -0.4 is 5.32 Å². The number of carbonyl (C=O) groups is 1. The predicted octanol–water partition coefficient (Wildman–Crippen LogP) is 3.78. The number of rotatable bonds is 7. The first-order chi connectivity index (χ1) is 15.0. The smallest absolute Gasteiger partial charge is 0.259 e. The number of benzene rings is 1. The van der Waals surface area contributed by atoms with Crippen molar-refractivity contribution in [1.82, 2.24) is 24.1 Å². The second kappa shape index (κ2) is 9.13. The minimum atomic E-state index is -0.554. The molecule has 1 N–H and O–H groups in total. The summed E-state index contributed by atoms with van der Waals surface area (Å²) in [5.41, 5.74) is 1.42. The zero-order chi connectivity index (χ0) is 22.0. The van der Waals surface area contributed by atoms with E-state index >= 15 is 0 Å². The van der Waals surface area contributed by atoms with Crippen molar-refractivity contribution < 1.29 is 13.9 Å². The molecular weight excluding hydrogens is 419 g/mol. The van der Waals surface area contributed by atoms with Gasteiger partial charge in [0.1, 0.15) is 23.7 Å². The number of aromatic nitrogens is 4. The fourth-order valence-electron chi connectivity index (χ4n) is 3.27. The molecule has 31 heavy (non-hydrogen) atoms. The molecule has 3 aromatic rings. The molecule has 10 heteroatoms. The Bertz CT molecular complexity index is 1100. The van der Waals surface area contributed by atoms with Gasteiger partial charge in [0.25, 0.3) is 5.91 Å². The van der Waals surface area contributed by atoms with Crippen LogP contribution in [-0.2, 0) is 11.3 Å². The van der Waals surface area contributed by atoms with Gasteiger partial charge < -0.3 is 14.6 Å². The Morgan fingerprint density at radius 2 is 2.19 bits per heavy atom. The average Bonchev–Trinajstić information content (AvgIpc) is 3.38. The number of fused-ring (bicyclic) bond motifs is 1. The molecule has 0 saturated carbocycles. The van der Waals surface area contributed by atoms with E-state index in [0.717, 1.165) is 17.0 Å². The number of amides is 1. The van der Waals surface area contributed by atoms with Crippen molar-refractivity contribution in [1.29, 1.82) is 0 Å². The summed E-state index contributed by atoms with van der Waals surface area (Å²) in [6.45, 7) is 5.95. The van der Waals surface area contributed by atoms with E-state index in [0.29, 0.717) is 30.5 Å². The number of anilines is 1. The molecule has 0 atom stereocenters. The maximum atomic E-state index is 14.7. The molecule has 2 aromatic heterocycles. The minimum absolute atomic E-state index is 0.0163. The normalized spacial score (nSPS) is 13.6. The highest BCUT2D eigenvalue weighted by Crippen LogP contribution is 2.37. The van der Waals surface area contributed by atoms with E-state index in [1.165, 1.54) is 18.0 Å². The number of hydrogen-bond acceptors (Lipinski definition) is 7. The summed E-state index contributed by atoms with van der Waals surface area (Å²) in [6, 6.07) is 8.39. The van der Waals surface area contributed by atoms with Crippen LogP contribution in [0.1, 0.15) is 35.8 Å². The number of methoxy groups -OCH3 is 1. The molecule has 1 amide bonds. The summed E-state index contributed by atoms with van der Waals surface area (Å²) in [6.07, 6.45) is 1.64. The van der Waals surface area contributed by atoms with Crippen molar-refractivity contribution in [3.8, 4) is 11.5 Å². The molecule has 0 radical (unpaired) electrons. The van der Waals surface area contributed by atoms with Gasteiger partial charge in [-0.3, -0.25) is 4.79 Å². The number of pyridine rings is 1. The molecule has 8 nitrogen and oxygen atoms in total. The summed E-state index contributed by atoms with van der Waals surface area (Å²) in [5, 5.41) is 10.8. The van der Waals surface area contributed by atoms with Crippen molar-refractivity contribution in [2.45, 2.75) is 31.3 Å². The first kappa shape index (κ1) is 21.4. The van der Waals surface area contributed by atoms with E-state index in [9.17, 15) is 9.18 Å².